The first-order valence-corrected chi connectivity index (χ1v) is 8.20. The first kappa shape index (κ1) is 18.6. The Balaban J connectivity index is 1.78. The maximum atomic E-state index is 13.0. The lowest BCUT2D eigenvalue weighted by Crippen LogP contribution is -2.31. The molecular formula is C19H16F3N3O2. The molecule has 1 aliphatic heterocycles. The van der Waals surface area contributed by atoms with Crippen LogP contribution >= 0.6 is 0 Å². The van der Waals surface area contributed by atoms with E-state index in [1.165, 1.54) is 12.1 Å². The summed E-state index contributed by atoms with van der Waals surface area (Å²) in [6.07, 6.45) is -4.29. The summed E-state index contributed by atoms with van der Waals surface area (Å²) in [7, 11) is 0. The van der Waals surface area contributed by atoms with Gasteiger partial charge in [-0.1, -0.05) is 31.2 Å². The minimum absolute atomic E-state index is 0.0575. The number of hydrazone groups is 1. The van der Waals surface area contributed by atoms with Gasteiger partial charge >= 0.3 is 6.18 Å². The van der Waals surface area contributed by atoms with Gasteiger partial charge < -0.3 is 5.32 Å². The Morgan fingerprint density at radius 2 is 1.81 bits per heavy atom. The number of benzene rings is 2. The van der Waals surface area contributed by atoms with Crippen LogP contribution < -0.4 is 10.7 Å². The van der Waals surface area contributed by atoms with Gasteiger partial charge in [-0.3, -0.25) is 9.59 Å². The van der Waals surface area contributed by atoms with E-state index in [-0.39, 0.29) is 11.8 Å². The SMILES string of the molecule is CC1CC(=O)NN=C1c1ccc(NC(=O)c2ccccc2C(F)(F)F)cc1. The fourth-order valence-corrected chi connectivity index (χ4v) is 2.85. The van der Waals surface area contributed by atoms with E-state index in [1.54, 1.807) is 24.3 Å². The zero-order valence-electron chi connectivity index (χ0n) is 14.3. The summed E-state index contributed by atoms with van der Waals surface area (Å²) in [4.78, 5) is 23.6. The summed E-state index contributed by atoms with van der Waals surface area (Å²) in [5.74, 6) is -1.05. The monoisotopic (exact) mass is 375 g/mol. The number of carbonyl (C=O) groups is 2. The molecule has 2 aromatic rings. The van der Waals surface area contributed by atoms with Crippen LogP contribution in [0.3, 0.4) is 0 Å². The third-order valence-electron chi connectivity index (χ3n) is 4.18. The van der Waals surface area contributed by atoms with Crippen molar-refractivity contribution in [2.75, 3.05) is 5.32 Å². The van der Waals surface area contributed by atoms with E-state index in [4.69, 9.17) is 0 Å². The molecule has 8 heteroatoms. The van der Waals surface area contributed by atoms with E-state index >= 15 is 0 Å². The van der Waals surface area contributed by atoms with Crippen LogP contribution in [0, 0.1) is 5.92 Å². The predicted octanol–water partition coefficient (Wildman–Crippen LogP) is 3.82. The Morgan fingerprint density at radius 1 is 1.15 bits per heavy atom. The lowest BCUT2D eigenvalue weighted by molar-refractivity contribution is -0.137. The number of hydrogen-bond donors (Lipinski definition) is 2. The largest absolute Gasteiger partial charge is 0.417 e. The minimum Gasteiger partial charge on any atom is -0.322 e. The molecule has 1 atom stereocenters. The van der Waals surface area contributed by atoms with Gasteiger partial charge in [-0.25, -0.2) is 5.43 Å². The molecule has 0 saturated heterocycles. The second-order valence-corrected chi connectivity index (χ2v) is 6.21. The lowest BCUT2D eigenvalue weighted by atomic mass is 9.94. The summed E-state index contributed by atoms with van der Waals surface area (Å²) in [6.45, 7) is 1.88. The molecule has 1 heterocycles. The minimum atomic E-state index is -4.61. The Kier molecular flexibility index (Phi) is 4.98. The molecule has 1 unspecified atom stereocenters. The number of halogens is 3. The fraction of sp³-hybridized carbons (Fsp3) is 0.211. The van der Waals surface area contributed by atoms with E-state index < -0.39 is 23.2 Å². The molecule has 0 bridgehead atoms. The molecule has 0 saturated carbocycles. The first-order chi connectivity index (χ1) is 12.8. The number of nitrogens with zero attached hydrogens (tertiary/aromatic N) is 1. The summed E-state index contributed by atoms with van der Waals surface area (Å²) >= 11 is 0. The highest BCUT2D eigenvalue weighted by Crippen LogP contribution is 2.32. The second-order valence-electron chi connectivity index (χ2n) is 6.21. The van der Waals surface area contributed by atoms with Crippen molar-refractivity contribution in [2.45, 2.75) is 19.5 Å². The molecule has 140 valence electrons. The summed E-state index contributed by atoms with van der Waals surface area (Å²) in [5, 5.41) is 6.51. The van der Waals surface area contributed by atoms with E-state index in [1.807, 2.05) is 6.92 Å². The van der Waals surface area contributed by atoms with Gasteiger partial charge in [-0.2, -0.15) is 18.3 Å². The van der Waals surface area contributed by atoms with Crippen molar-refractivity contribution >= 4 is 23.2 Å². The Morgan fingerprint density at radius 3 is 2.44 bits per heavy atom. The highest BCUT2D eigenvalue weighted by molar-refractivity contribution is 6.07. The van der Waals surface area contributed by atoms with Gasteiger partial charge in [0.25, 0.3) is 5.91 Å². The van der Waals surface area contributed by atoms with Crippen LogP contribution in [0.25, 0.3) is 0 Å². The number of anilines is 1. The molecule has 27 heavy (non-hydrogen) atoms. The number of amides is 2. The van der Waals surface area contributed by atoms with E-state index in [2.05, 4.69) is 15.8 Å². The second kappa shape index (κ2) is 7.22. The molecule has 0 aromatic heterocycles. The molecule has 2 N–H and O–H groups in total. The van der Waals surface area contributed by atoms with Crippen LogP contribution in [0.15, 0.2) is 53.6 Å². The molecule has 0 radical (unpaired) electrons. The van der Waals surface area contributed by atoms with Crippen LogP contribution in [0.4, 0.5) is 18.9 Å². The number of rotatable bonds is 3. The Hall–Kier alpha value is -3.16. The zero-order chi connectivity index (χ0) is 19.6. The van der Waals surface area contributed by atoms with Crippen LogP contribution in [-0.4, -0.2) is 17.5 Å². The van der Waals surface area contributed by atoms with E-state index in [0.717, 1.165) is 17.7 Å². The van der Waals surface area contributed by atoms with Gasteiger partial charge in [0.05, 0.1) is 16.8 Å². The van der Waals surface area contributed by atoms with Crippen molar-refractivity contribution in [1.29, 1.82) is 0 Å². The number of hydrogen-bond acceptors (Lipinski definition) is 3. The highest BCUT2D eigenvalue weighted by Gasteiger charge is 2.34. The summed E-state index contributed by atoms with van der Waals surface area (Å²) in [5.41, 5.74) is 2.81. The smallest absolute Gasteiger partial charge is 0.322 e. The maximum absolute atomic E-state index is 13.0. The number of carbonyl (C=O) groups excluding carboxylic acids is 2. The van der Waals surface area contributed by atoms with Crippen LogP contribution in [-0.2, 0) is 11.0 Å². The fourth-order valence-electron chi connectivity index (χ4n) is 2.85. The average Bonchev–Trinajstić information content (AvgIpc) is 2.62. The zero-order valence-corrected chi connectivity index (χ0v) is 14.3. The molecule has 5 nitrogen and oxygen atoms in total. The average molecular weight is 375 g/mol. The standard InChI is InChI=1S/C19H16F3N3O2/c1-11-10-16(26)24-25-17(11)12-6-8-13(9-7-12)23-18(27)14-4-2-3-5-15(14)19(20,21)22/h2-9,11H,10H2,1H3,(H,23,27)(H,24,26). The number of nitrogens with one attached hydrogen (secondary N) is 2. The maximum Gasteiger partial charge on any atom is 0.417 e. The Labute approximate surface area is 153 Å². The normalized spacial score (nSPS) is 17.1. The Bertz CT molecular complexity index is 905. The van der Waals surface area contributed by atoms with Crippen molar-refractivity contribution < 1.29 is 22.8 Å². The van der Waals surface area contributed by atoms with Gasteiger partial charge in [-0.05, 0) is 29.8 Å². The van der Waals surface area contributed by atoms with Crippen molar-refractivity contribution in [2.24, 2.45) is 11.0 Å². The molecule has 2 amide bonds. The molecule has 2 aromatic carbocycles. The first-order valence-electron chi connectivity index (χ1n) is 8.20. The molecule has 0 aliphatic carbocycles. The van der Waals surface area contributed by atoms with Gasteiger partial charge in [-0.15, -0.1) is 0 Å². The van der Waals surface area contributed by atoms with Gasteiger partial charge in [0.2, 0.25) is 5.91 Å². The van der Waals surface area contributed by atoms with Gasteiger partial charge in [0, 0.05) is 18.0 Å². The van der Waals surface area contributed by atoms with Crippen molar-refractivity contribution in [3.63, 3.8) is 0 Å². The highest BCUT2D eigenvalue weighted by atomic mass is 19.4. The molecule has 0 spiro atoms. The van der Waals surface area contributed by atoms with E-state index in [0.29, 0.717) is 17.8 Å². The van der Waals surface area contributed by atoms with E-state index in [9.17, 15) is 22.8 Å². The summed E-state index contributed by atoms with van der Waals surface area (Å²) < 4.78 is 39.1. The van der Waals surface area contributed by atoms with Gasteiger partial charge in [0.15, 0.2) is 0 Å². The van der Waals surface area contributed by atoms with Crippen LogP contribution in [0.5, 0.6) is 0 Å². The lowest BCUT2D eigenvalue weighted by Gasteiger charge is -2.19. The molecule has 1 aliphatic rings. The molecule has 3 rings (SSSR count). The quantitative estimate of drug-likeness (QED) is 0.856. The predicted molar refractivity (Wildman–Crippen MR) is 94.3 cm³/mol. The third kappa shape index (κ3) is 4.16. The van der Waals surface area contributed by atoms with Crippen molar-refractivity contribution in [1.82, 2.24) is 5.43 Å². The number of alkyl halides is 3. The van der Waals surface area contributed by atoms with Crippen molar-refractivity contribution in [3.05, 3.63) is 65.2 Å². The third-order valence-corrected chi connectivity index (χ3v) is 4.18. The van der Waals surface area contributed by atoms with Crippen molar-refractivity contribution in [3.8, 4) is 0 Å². The molecule has 0 fully saturated rings. The van der Waals surface area contributed by atoms with Gasteiger partial charge in [0.1, 0.15) is 0 Å². The topological polar surface area (TPSA) is 70.6 Å². The summed E-state index contributed by atoms with van der Waals surface area (Å²) in [6, 6.07) is 11.2. The molecular weight excluding hydrogens is 359 g/mol. The van der Waals surface area contributed by atoms with Crippen LogP contribution in [0.1, 0.15) is 34.8 Å². The van der Waals surface area contributed by atoms with Crippen LogP contribution in [0.2, 0.25) is 0 Å².